The highest BCUT2D eigenvalue weighted by Gasteiger charge is 2.09. The van der Waals surface area contributed by atoms with Crippen molar-refractivity contribution in [2.45, 2.75) is 46.0 Å². The third kappa shape index (κ3) is 4.59. The van der Waals surface area contributed by atoms with Gasteiger partial charge >= 0.3 is 0 Å². The van der Waals surface area contributed by atoms with Crippen LogP contribution in [0, 0.1) is 0 Å². The number of nitrogens with one attached hydrogen (secondary N) is 1. The van der Waals surface area contributed by atoms with Crippen LogP contribution in [0.2, 0.25) is 0 Å². The van der Waals surface area contributed by atoms with E-state index >= 15 is 0 Å². The van der Waals surface area contributed by atoms with Crippen LogP contribution in [0.25, 0.3) is 0 Å². The number of amides is 1. The minimum absolute atomic E-state index is 0.0742. The molecule has 17 heavy (non-hydrogen) atoms. The molecule has 1 aromatic rings. The molecule has 0 bridgehead atoms. The van der Waals surface area contributed by atoms with Crippen LogP contribution in [0.5, 0.6) is 0 Å². The minimum atomic E-state index is 0.0742. The highest BCUT2D eigenvalue weighted by Crippen LogP contribution is 2.12. The standard InChI is InChI=1S/C15H23NO/c1-3-5-9-13-10-7-8-11-14(13)15(17)16-12-6-4-2/h7-8,10-11H,3-6,9,12H2,1-2H3,(H,16,17). The van der Waals surface area contributed by atoms with Gasteiger partial charge in [-0.3, -0.25) is 4.79 Å². The monoisotopic (exact) mass is 233 g/mol. The van der Waals surface area contributed by atoms with Gasteiger partial charge < -0.3 is 5.32 Å². The summed E-state index contributed by atoms with van der Waals surface area (Å²) in [6.07, 6.45) is 5.44. The molecule has 0 aliphatic rings. The number of hydrogen-bond donors (Lipinski definition) is 1. The molecule has 0 saturated carbocycles. The number of hydrogen-bond acceptors (Lipinski definition) is 1. The Bertz CT molecular complexity index is 347. The number of benzene rings is 1. The van der Waals surface area contributed by atoms with E-state index in [9.17, 15) is 4.79 Å². The molecule has 1 amide bonds. The zero-order valence-electron chi connectivity index (χ0n) is 11.0. The van der Waals surface area contributed by atoms with Crippen LogP contribution in [0.4, 0.5) is 0 Å². The quantitative estimate of drug-likeness (QED) is 0.717. The first-order valence-corrected chi connectivity index (χ1v) is 6.65. The zero-order chi connectivity index (χ0) is 12.5. The minimum Gasteiger partial charge on any atom is -0.352 e. The first-order chi connectivity index (χ1) is 8.29. The average Bonchev–Trinajstić information content (AvgIpc) is 2.37. The summed E-state index contributed by atoms with van der Waals surface area (Å²) >= 11 is 0. The van der Waals surface area contributed by atoms with Crippen LogP contribution in [-0.4, -0.2) is 12.5 Å². The van der Waals surface area contributed by atoms with Gasteiger partial charge in [-0.2, -0.15) is 0 Å². The van der Waals surface area contributed by atoms with E-state index in [1.807, 2.05) is 18.2 Å². The van der Waals surface area contributed by atoms with Gasteiger partial charge in [-0.05, 0) is 30.9 Å². The molecule has 0 heterocycles. The molecule has 0 radical (unpaired) electrons. The van der Waals surface area contributed by atoms with Gasteiger partial charge in [0.25, 0.3) is 5.91 Å². The normalized spacial score (nSPS) is 10.2. The second-order valence-corrected chi connectivity index (χ2v) is 4.37. The van der Waals surface area contributed by atoms with E-state index in [1.165, 1.54) is 5.56 Å². The molecule has 0 spiro atoms. The van der Waals surface area contributed by atoms with Gasteiger partial charge in [-0.15, -0.1) is 0 Å². The molecule has 1 aromatic carbocycles. The molecule has 1 N–H and O–H groups in total. The molecule has 0 fully saturated rings. The Kier molecular flexibility index (Phi) is 6.38. The van der Waals surface area contributed by atoms with Crippen molar-refractivity contribution in [2.24, 2.45) is 0 Å². The fourth-order valence-corrected chi connectivity index (χ4v) is 1.80. The van der Waals surface area contributed by atoms with Gasteiger partial charge in [0.1, 0.15) is 0 Å². The van der Waals surface area contributed by atoms with Gasteiger partial charge in [-0.25, -0.2) is 0 Å². The van der Waals surface area contributed by atoms with E-state index in [0.717, 1.165) is 44.2 Å². The van der Waals surface area contributed by atoms with Gasteiger partial charge in [0.15, 0.2) is 0 Å². The van der Waals surface area contributed by atoms with Crippen molar-refractivity contribution >= 4 is 5.91 Å². The highest BCUT2D eigenvalue weighted by atomic mass is 16.1. The van der Waals surface area contributed by atoms with Crippen molar-refractivity contribution in [3.63, 3.8) is 0 Å². The van der Waals surface area contributed by atoms with Crippen molar-refractivity contribution in [1.29, 1.82) is 0 Å². The fraction of sp³-hybridized carbons (Fsp3) is 0.533. The van der Waals surface area contributed by atoms with E-state index in [2.05, 4.69) is 25.2 Å². The molecule has 2 heteroatoms. The molecule has 0 unspecified atom stereocenters. The van der Waals surface area contributed by atoms with Gasteiger partial charge in [0, 0.05) is 12.1 Å². The third-order valence-electron chi connectivity index (χ3n) is 2.88. The zero-order valence-corrected chi connectivity index (χ0v) is 11.0. The molecule has 2 nitrogen and oxygen atoms in total. The Hall–Kier alpha value is -1.31. The summed E-state index contributed by atoms with van der Waals surface area (Å²) in [5.41, 5.74) is 2.01. The van der Waals surface area contributed by atoms with Crippen molar-refractivity contribution < 1.29 is 4.79 Å². The summed E-state index contributed by atoms with van der Waals surface area (Å²) in [7, 11) is 0. The fourth-order valence-electron chi connectivity index (χ4n) is 1.80. The summed E-state index contributed by atoms with van der Waals surface area (Å²) < 4.78 is 0. The number of carbonyl (C=O) groups excluding carboxylic acids is 1. The second-order valence-electron chi connectivity index (χ2n) is 4.37. The van der Waals surface area contributed by atoms with Crippen molar-refractivity contribution in [2.75, 3.05) is 6.54 Å². The molecule has 0 atom stereocenters. The van der Waals surface area contributed by atoms with Crippen LogP contribution in [0.1, 0.15) is 55.5 Å². The Morgan fingerprint density at radius 2 is 1.82 bits per heavy atom. The predicted octanol–water partition coefficient (Wildman–Crippen LogP) is 3.56. The van der Waals surface area contributed by atoms with E-state index < -0.39 is 0 Å². The number of unbranched alkanes of at least 4 members (excludes halogenated alkanes) is 2. The van der Waals surface area contributed by atoms with Crippen LogP contribution in [0.3, 0.4) is 0 Å². The predicted molar refractivity (Wildman–Crippen MR) is 72.3 cm³/mol. The van der Waals surface area contributed by atoms with Crippen LogP contribution in [0.15, 0.2) is 24.3 Å². The lowest BCUT2D eigenvalue weighted by Crippen LogP contribution is -2.25. The van der Waals surface area contributed by atoms with Crippen molar-refractivity contribution in [3.8, 4) is 0 Å². The summed E-state index contributed by atoms with van der Waals surface area (Å²) in [5, 5.41) is 2.98. The molecule has 94 valence electrons. The first-order valence-electron chi connectivity index (χ1n) is 6.65. The van der Waals surface area contributed by atoms with E-state index in [1.54, 1.807) is 0 Å². The maximum absolute atomic E-state index is 12.0. The van der Waals surface area contributed by atoms with Crippen LogP contribution in [-0.2, 0) is 6.42 Å². The van der Waals surface area contributed by atoms with E-state index in [-0.39, 0.29) is 5.91 Å². The lowest BCUT2D eigenvalue weighted by Gasteiger charge is -2.09. The molecule has 0 aromatic heterocycles. The second kappa shape index (κ2) is 7.88. The smallest absolute Gasteiger partial charge is 0.251 e. The lowest BCUT2D eigenvalue weighted by atomic mass is 10.0. The van der Waals surface area contributed by atoms with Gasteiger partial charge in [-0.1, -0.05) is 44.9 Å². The summed E-state index contributed by atoms with van der Waals surface area (Å²) in [6, 6.07) is 7.93. The summed E-state index contributed by atoms with van der Waals surface area (Å²) in [5.74, 6) is 0.0742. The summed E-state index contributed by atoms with van der Waals surface area (Å²) in [6.45, 7) is 5.07. The van der Waals surface area contributed by atoms with Crippen molar-refractivity contribution in [3.05, 3.63) is 35.4 Å². The first kappa shape index (κ1) is 13.8. The van der Waals surface area contributed by atoms with Crippen LogP contribution < -0.4 is 5.32 Å². The molecular formula is C15H23NO. The number of aryl methyl sites for hydroxylation is 1. The third-order valence-corrected chi connectivity index (χ3v) is 2.88. The SMILES string of the molecule is CCCCNC(=O)c1ccccc1CCCC. The maximum atomic E-state index is 12.0. The van der Waals surface area contributed by atoms with Gasteiger partial charge in [0.05, 0.1) is 0 Å². The highest BCUT2D eigenvalue weighted by molar-refractivity contribution is 5.95. The molecule has 0 aliphatic heterocycles. The topological polar surface area (TPSA) is 29.1 Å². The van der Waals surface area contributed by atoms with E-state index in [0.29, 0.717) is 0 Å². The maximum Gasteiger partial charge on any atom is 0.251 e. The Labute approximate surface area is 104 Å². The van der Waals surface area contributed by atoms with E-state index in [4.69, 9.17) is 0 Å². The molecule has 1 rings (SSSR count). The Morgan fingerprint density at radius 1 is 1.12 bits per heavy atom. The van der Waals surface area contributed by atoms with Gasteiger partial charge in [0.2, 0.25) is 0 Å². The molecule has 0 aliphatic carbocycles. The molecular weight excluding hydrogens is 210 g/mol. The summed E-state index contributed by atoms with van der Waals surface area (Å²) in [4.78, 5) is 12.0. The molecule has 0 saturated heterocycles. The van der Waals surface area contributed by atoms with Crippen molar-refractivity contribution in [1.82, 2.24) is 5.32 Å². The Balaban J connectivity index is 2.64. The van der Waals surface area contributed by atoms with Crippen LogP contribution >= 0.6 is 0 Å². The number of rotatable bonds is 7. The average molecular weight is 233 g/mol. The Morgan fingerprint density at radius 3 is 2.53 bits per heavy atom. The largest absolute Gasteiger partial charge is 0.352 e. The number of carbonyl (C=O) groups is 1. The lowest BCUT2D eigenvalue weighted by molar-refractivity contribution is 0.0952.